The summed E-state index contributed by atoms with van der Waals surface area (Å²) in [6.45, 7) is 1.84. The Labute approximate surface area is 127 Å². The van der Waals surface area contributed by atoms with Crippen molar-refractivity contribution in [1.82, 2.24) is 4.98 Å². The number of nitrogens with zero attached hydrogens (tertiary/aromatic N) is 1. The van der Waals surface area contributed by atoms with E-state index in [2.05, 4.69) is 4.98 Å². The second kappa shape index (κ2) is 6.08. The fourth-order valence-corrected chi connectivity index (χ4v) is 2.42. The van der Waals surface area contributed by atoms with Gasteiger partial charge >= 0.3 is 0 Å². The first-order valence-corrected chi connectivity index (χ1v) is 6.98. The van der Waals surface area contributed by atoms with Crippen molar-refractivity contribution in [3.63, 3.8) is 0 Å². The first-order valence-electron chi connectivity index (χ1n) is 6.23. The van der Waals surface area contributed by atoms with E-state index in [1.165, 1.54) is 12.1 Å². The maximum Gasteiger partial charge on any atom is 0.141 e. The Morgan fingerprint density at radius 1 is 1.25 bits per heavy atom. The van der Waals surface area contributed by atoms with Gasteiger partial charge in [-0.25, -0.2) is 4.39 Å². The fraction of sp³-hybridized carbons (Fsp3) is 0.267. The van der Waals surface area contributed by atoms with Crippen molar-refractivity contribution in [2.75, 3.05) is 0 Å². The highest BCUT2D eigenvalue weighted by molar-refractivity contribution is 6.33. The van der Waals surface area contributed by atoms with Crippen LogP contribution in [0.15, 0.2) is 36.5 Å². The quantitative estimate of drug-likeness (QED) is 0.909. The van der Waals surface area contributed by atoms with Gasteiger partial charge in [-0.15, -0.1) is 0 Å². The molecule has 20 heavy (non-hydrogen) atoms. The molecule has 0 radical (unpaired) electrons. The molecule has 1 aromatic heterocycles. The van der Waals surface area contributed by atoms with Gasteiger partial charge in [0.05, 0.1) is 11.9 Å². The third-order valence-corrected chi connectivity index (χ3v) is 3.88. The highest BCUT2D eigenvalue weighted by Gasteiger charge is 2.30. The van der Waals surface area contributed by atoms with Crippen LogP contribution >= 0.6 is 23.2 Å². The summed E-state index contributed by atoms with van der Waals surface area (Å²) in [5.41, 5.74) is -0.0609. The van der Waals surface area contributed by atoms with Crippen LogP contribution in [-0.2, 0) is 12.0 Å². The van der Waals surface area contributed by atoms with Gasteiger partial charge in [0, 0.05) is 16.5 Å². The lowest BCUT2D eigenvalue weighted by Crippen LogP contribution is -2.29. The van der Waals surface area contributed by atoms with Crippen LogP contribution in [0.4, 0.5) is 4.39 Å². The molecule has 1 aromatic carbocycles. The van der Waals surface area contributed by atoms with Crippen molar-refractivity contribution in [3.8, 4) is 0 Å². The standard InChI is InChI=1S/C15H14Cl2FNO/c1-2-15(20,14-6-4-12(18)9-19-14)8-10-7-11(16)3-5-13(10)17/h3-7,9,20H,2,8H2,1H3. The summed E-state index contributed by atoms with van der Waals surface area (Å²) < 4.78 is 12.9. The van der Waals surface area contributed by atoms with Gasteiger partial charge in [-0.2, -0.15) is 0 Å². The van der Waals surface area contributed by atoms with E-state index in [-0.39, 0.29) is 6.42 Å². The molecule has 0 saturated carbocycles. The van der Waals surface area contributed by atoms with Crippen LogP contribution in [-0.4, -0.2) is 10.1 Å². The average Bonchev–Trinajstić information content (AvgIpc) is 2.43. The van der Waals surface area contributed by atoms with Crippen molar-refractivity contribution in [3.05, 3.63) is 63.6 Å². The molecule has 0 amide bonds. The molecule has 0 bridgehead atoms. The van der Waals surface area contributed by atoms with E-state index in [0.717, 1.165) is 11.8 Å². The Morgan fingerprint density at radius 3 is 2.60 bits per heavy atom. The van der Waals surface area contributed by atoms with Crippen molar-refractivity contribution < 1.29 is 9.50 Å². The number of benzene rings is 1. The summed E-state index contributed by atoms with van der Waals surface area (Å²) in [4.78, 5) is 3.97. The Morgan fingerprint density at radius 2 is 2.00 bits per heavy atom. The predicted octanol–water partition coefficient (Wildman–Crippen LogP) is 4.37. The van der Waals surface area contributed by atoms with E-state index in [4.69, 9.17) is 23.2 Å². The van der Waals surface area contributed by atoms with Gasteiger partial charge in [0.15, 0.2) is 0 Å². The molecule has 0 aliphatic carbocycles. The van der Waals surface area contributed by atoms with E-state index in [9.17, 15) is 9.50 Å². The van der Waals surface area contributed by atoms with Crippen LogP contribution in [0.2, 0.25) is 10.0 Å². The second-order valence-corrected chi connectivity index (χ2v) is 5.50. The highest BCUT2D eigenvalue weighted by atomic mass is 35.5. The van der Waals surface area contributed by atoms with Crippen LogP contribution in [0.1, 0.15) is 24.6 Å². The zero-order valence-electron chi connectivity index (χ0n) is 10.9. The molecule has 0 aliphatic heterocycles. The molecule has 0 aliphatic rings. The van der Waals surface area contributed by atoms with E-state index in [1.807, 2.05) is 6.92 Å². The number of aromatic nitrogens is 1. The predicted molar refractivity (Wildman–Crippen MR) is 78.5 cm³/mol. The van der Waals surface area contributed by atoms with E-state index in [1.54, 1.807) is 18.2 Å². The molecular weight excluding hydrogens is 300 g/mol. The zero-order chi connectivity index (χ0) is 14.8. The molecule has 0 spiro atoms. The molecule has 2 aromatic rings. The summed E-state index contributed by atoms with van der Waals surface area (Å²) in [6, 6.07) is 7.86. The largest absolute Gasteiger partial charge is 0.383 e. The molecule has 0 saturated heterocycles. The van der Waals surface area contributed by atoms with E-state index >= 15 is 0 Å². The van der Waals surface area contributed by atoms with Crippen molar-refractivity contribution >= 4 is 23.2 Å². The van der Waals surface area contributed by atoms with Gasteiger partial charge in [-0.3, -0.25) is 4.98 Å². The lowest BCUT2D eigenvalue weighted by molar-refractivity contribution is 0.0282. The Kier molecular flexibility index (Phi) is 4.63. The first-order chi connectivity index (χ1) is 9.44. The molecule has 2 rings (SSSR count). The summed E-state index contributed by atoms with van der Waals surface area (Å²) >= 11 is 12.1. The van der Waals surface area contributed by atoms with Gasteiger partial charge in [-0.1, -0.05) is 30.1 Å². The summed E-state index contributed by atoms with van der Waals surface area (Å²) in [7, 11) is 0. The molecule has 1 unspecified atom stereocenters. The number of hydrogen-bond acceptors (Lipinski definition) is 2. The smallest absolute Gasteiger partial charge is 0.141 e. The Hall–Kier alpha value is -1.16. The van der Waals surface area contributed by atoms with Crippen LogP contribution < -0.4 is 0 Å². The monoisotopic (exact) mass is 313 g/mol. The van der Waals surface area contributed by atoms with E-state index in [0.29, 0.717) is 22.2 Å². The summed E-state index contributed by atoms with van der Waals surface area (Å²) in [6.07, 6.45) is 1.78. The minimum absolute atomic E-state index is 0.265. The first kappa shape index (κ1) is 15.2. The van der Waals surface area contributed by atoms with Gasteiger partial charge in [0.1, 0.15) is 11.4 Å². The van der Waals surface area contributed by atoms with Crippen LogP contribution in [0.3, 0.4) is 0 Å². The highest BCUT2D eigenvalue weighted by Crippen LogP contribution is 2.31. The van der Waals surface area contributed by atoms with Gasteiger partial charge in [-0.05, 0) is 42.3 Å². The van der Waals surface area contributed by atoms with Crippen molar-refractivity contribution in [2.24, 2.45) is 0 Å². The van der Waals surface area contributed by atoms with E-state index < -0.39 is 11.4 Å². The molecule has 0 fully saturated rings. The minimum Gasteiger partial charge on any atom is -0.383 e. The molecule has 5 heteroatoms. The number of pyridine rings is 1. The molecule has 1 heterocycles. The fourth-order valence-electron chi connectivity index (χ4n) is 2.04. The summed E-state index contributed by atoms with van der Waals surface area (Å²) in [5, 5.41) is 11.8. The second-order valence-electron chi connectivity index (χ2n) is 4.66. The molecule has 106 valence electrons. The maximum atomic E-state index is 12.9. The Balaban J connectivity index is 2.36. The van der Waals surface area contributed by atoms with Gasteiger partial charge in [0.25, 0.3) is 0 Å². The van der Waals surface area contributed by atoms with Gasteiger partial charge in [0.2, 0.25) is 0 Å². The zero-order valence-corrected chi connectivity index (χ0v) is 12.4. The van der Waals surface area contributed by atoms with Gasteiger partial charge < -0.3 is 5.11 Å². The maximum absolute atomic E-state index is 12.9. The average molecular weight is 314 g/mol. The van der Waals surface area contributed by atoms with Crippen LogP contribution in [0.5, 0.6) is 0 Å². The third-order valence-electron chi connectivity index (χ3n) is 3.28. The third kappa shape index (κ3) is 3.29. The summed E-state index contributed by atoms with van der Waals surface area (Å²) in [5.74, 6) is -0.437. The number of halogens is 3. The SMILES string of the molecule is CCC(O)(Cc1cc(Cl)ccc1Cl)c1ccc(F)cn1. The molecule has 2 nitrogen and oxygen atoms in total. The molecule has 1 N–H and O–H groups in total. The molecule has 1 atom stereocenters. The topological polar surface area (TPSA) is 33.1 Å². The van der Waals surface area contributed by atoms with Crippen molar-refractivity contribution in [2.45, 2.75) is 25.4 Å². The number of aliphatic hydroxyl groups is 1. The van der Waals surface area contributed by atoms with Crippen LogP contribution in [0.25, 0.3) is 0 Å². The Bertz CT molecular complexity index is 603. The molecular formula is C15H14Cl2FNO. The normalized spacial score (nSPS) is 14.1. The van der Waals surface area contributed by atoms with Crippen molar-refractivity contribution in [1.29, 1.82) is 0 Å². The lowest BCUT2D eigenvalue weighted by atomic mass is 9.88. The minimum atomic E-state index is -1.21. The van der Waals surface area contributed by atoms with Crippen LogP contribution in [0, 0.1) is 5.82 Å². The lowest BCUT2D eigenvalue weighted by Gasteiger charge is -2.26. The number of rotatable bonds is 4. The number of hydrogen-bond donors (Lipinski definition) is 1.